The Morgan fingerprint density at radius 2 is 2.23 bits per heavy atom. The van der Waals surface area contributed by atoms with Crippen LogP contribution in [-0.2, 0) is 9.59 Å². The van der Waals surface area contributed by atoms with Crippen LogP contribution >= 0.6 is 11.3 Å². The van der Waals surface area contributed by atoms with E-state index in [1.54, 1.807) is 17.4 Å². The first kappa shape index (κ1) is 16.7. The molecule has 22 heavy (non-hydrogen) atoms. The molecule has 1 aliphatic heterocycles. The highest BCUT2D eigenvalue weighted by Gasteiger charge is 2.16. The van der Waals surface area contributed by atoms with Crippen molar-refractivity contribution in [1.29, 1.82) is 0 Å². The molecule has 2 amide bonds. The Bertz CT molecular complexity index is 537. The standard InChI is InChI=1S/C17H24N2O2S/c1-14-7-8-15(22-14)9-10-16(20)18-11-3-5-13-19-12-4-2-6-17(19)21/h7-10H,2-6,11-13H2,1H3,(H,18,20). The highest BCUT2D eigenvalue weighted by molar-refractivity contribution is 7.12. The summed E-state index contributed by atoms with van der Waals surface area (Å²) < 4.78 is 0. The van der Waals surface area contributed by atoms with Gasteiger partial charge >= 0.3 is 0 Å². The van der Waals surface area contributed by atoms with Crippen molar-refractivity contribution in [1.82, 2.24) is 10.2 Å². The Morgan fingerprint density at radius 3 is 2.95 bits per heavy atom. The van der Waals surface area contributed by atoms with E-state index in [0.717, 1.165) is 43.6 Å². The zero-order valence-electron chi connectivity index (χ0n) is 13.1. The van der Waals surface area contributed by atoms with E-state index in [2.05, 4.69) is 12.2 Å². The summed E-state index contributed by atoms with van der Waals surface area (Å²) in [6.45, 7) is 4.43. The molecule has 1 N–H and O–H groups in total. The van der Waals surface area contributed by atoms with Gasteiger partial charge in [-0.1, -0.05) is 0 Å². The number of carbonyl (C=O) groups excluding carboxylic acids is 2. The Labute approximate surface area is 136 Å². The van der Waals surface area contributed by atoms with Crippen LogP contribution in [0.3, 0.4) is 0 Å². The monoisotopic (exact) mass is 320 g/mol. The van der Waals surface area contributed by atoms with Crippen LogP contribution in [0.1, 0.15) is 41.9 Å². The second kappa shape index (κ2) is 8.73. The molecule has 4 nitrogen and oxygen atoms in total. The van der Waals surface area contributed by atoms with Crippen molar-refractivity contribution in [2.45, 2.75) is 39.0 Å². The average molecular weight is 320 g/mol. The van der Waals surface area contributed by atoms with Gasteiger partial charge in [0.1, 0.15) is 0 Å². The molecule has 0 spiro atoms. The fourth-order valence-corrected chi connectivity index (χ4v) is 3.28. The van der Waals surface area contributed by atoms with Gasteiger partial charge in [0.15, 0.2) is 0 Å². The summed E-state index contributed by atoms with van der Waals surface area (Å²) in [6.07, 6.45) is 8.13. The maximum atomic E-state index is 11.7. The Balaban J connectivity index is 1.57. The molecular weight excluding hydrogens is 296 g/mol. The molecule has 1 saturated heterocycles. The quantitative estimate of drug-likeness (QED) is 0.620. The first-order valence-corrected chi connectivity index (χ1v) is 8.77. The molecule has 2 heterocycles. The summed E-state index contributed by atoms with van der Waals surface area (Å²) in [5.74, 6) is 0.226. The SMILES string of the molecule is Cc1ccc(C=CC(=O)NCCCCN2CCCCC2=O)s1. The van der Waals surface area contributed by atoms with Crippen LogP contribution in [0, 0.1) is 6.92 Å². The summed E-state index contributed by atoms with van der Waals surface area (Å²) in [6, 6.07) is 4.06. The molecule has 0 unspecified atom stereocenters. The van der Waals surface area contributed by atoms with Gasteiger partial charge in [-0.3, -0.25) is 9.59 Å². The average Bonchev–Trinajstić information content (AvgIpc) is 2.92. The zero-order chi connectivity index (χ0) is 15.8. The van der Waals surface area contributed by atoms with Crippen LogP contribution in [0.25, 0.3) is 6.08 Å². The molecule has 0 aliphatic carbocycles. The van der Waals surface area contributed by atoms with Gasteiger partial charge in [0.25, 0.3) is 0 Å². The number of hydrogen-bond donors (Lipinski definition) is 1. The Hall–Kier alpha value is -1.62. The summed E-state index contributed by atoms with van der Waals surface area (Å²) in [4.78, 5) is 27.6. The van der Waals surface area contributed by atoms with E-state index in [-0.39, 0.29) is 11.8 Å². The minimum atomic E-state index is -0.0555. The number of thiophene rings is 1. The van der Waals surface area contributed by atoms with Crippen molar-refractivity contribution < 1.29 is 9.59 Å². The van der Waals surface area contributed by atoms with Crippen molar-refractivity contribution in [3.8, 4) is 0 Å². The number of likely N-dealkylation sites (tertiary alicyclic amines) is 1. The third kappa shape index (κ3) is 5.64. The highest BCUT2D eigenvalue weighted by Crippen LogP contribution is 2.16. The molecule has 0 atom stereocenters. The van der Waals surface area contributed by atoms with Gasteiger partial charge in [0.2, 0.25) is 11.8 Å². The fraction of sp³-hybridized carbons (Fsp3) is 0.529. The number of nitrogens with one attached hydrogen (secondary N) is 1. The van der Waals surface area contributed by atoms with Crippen molar-refractivity contribution in [3.05, 3.63) is 28.0 Å². The molecule has 2 rings (SSSR count). The van der Waals surface area contributed by atoms with Gasteiger partial charge in [-0.25, -0.2) is 0 Å². The van der Waals surface area contributed by atoms with E-state index < -0.39 is 0 Å². The lowest BCUT2D eigenvalue weighted by Crippen LogP contribution is -2.36. The van der Waals surface area contributed by atoms with Crippen LogP contribution in [-0.4, -0.2) is 36.3 Å². The molecule has 0 radical (unpaired) electrons. The normalized spacial score (nSPS) is 15.5. The van der Waals surface area contributed by atoms with E-state index in [4.69, 9.17) is 0 Å². The number of piperidine rings is 1. The van der Waals surface area contributed by atoms with E-state index in [9.17, 15) is 9.59 Å². The summed E-state index contributed by atoms with van der Waals surface area (Å²) in [5.41, 5.74) is 0. The van der Waals surface area contributed by atoms with Crippen molar-refractivity contribution >= 4 is 29.2 Å². The number of hydrogen-bond acceptors (Lipinski definition) is 3. The lowest BCUT2D eigenvalue weighted by molar-refractivity contribution is -0.133. The number of rotatable bonds is 7. The third-order valence-electron chi connectivity index (χ3n) is 3.74. The van der Waals surface area contributed by atoms with Crippen molar-refractivity contribution in [2.24, 2.45) is 0 Å². The van der Waals surface area contributed by atoms with Gasteiger partial charge in [-0.2, -0.15) is 0 Å². The lowest BCUT2D eigenvalue weighted by Gasteiger charge is -2.26. The van der Waals surface area contributed by atoms with Crippen LogP contribution in [0.15, 0.2) is 18.2 Å². The minimum absolute atomic E-state index is 0.0555. The van der Waals surface area contributed by atoms with Gasteiger partial charge < -0.3 is 10.2 Å². The molecule has 0 aromatic carbocycles. The molecule has 5 heteroatoms. The molecule has 1 aromatic heterocycles. The fourth-order valence-electron chi connectivity index (χ4n) is 2.50. The maximum Gasteiger partial charge on any atom is 0.244 e. The summed E-state index contributed by atoms with van der Waals surface area (Å²) in [5, 5.41) is 2.88. The molecular formula is C17H24N2O2S. The lowest BCUT2D eigenvalue weighted by atomic mass is 10.1. The van der Waals surface area contributed by atoms with E-state index in [0.29, 0.717) is 13.0 Å². The summed E-state index contributed by atoms with van der Waals surface area (Å²) >= 11 is 1.67. The Kier molecular flexibility index (Phi) is 6.65. The first-order chi connectivity index (χ1) is 10.6. The number of carbonyl (C=O) groups is 2. The third-order valence-corrected chi connectivity index (χ3v) is 4.70. The number of amides is 2. The largest absolute Gasteiger partial charge is 0.353 e. The topological polar surface area (TPSA) is 49.4 Å². The predicted molar refractivity (Wildman–Crippen MR) is 90.8 cm³/mol. The molecule has 1 aliphatic rings. The van der Waals surface area contributed by atoms with Gasteiger partial charge in [-0.15, -0.1) is 11.3 Å². The van der Waals surface area contributed by atoms with Crippen molar-refractivity contribution in [3.63, 3.8) is 0 Å². The second-order valence-corrected chi connectivity index (χ2v) is 6.94. The van der Waals surface area contributed by atoms with Crippen LogP contribution in [0.5, 0.6) is 0 Å². The molecule has 1 aromatic rings. The maximum absolute atomic E-state index is 11.7. The smallest absolute Gasteiger partial charge is 0.244 e. The van der Waals surface area contributed by atoms with Crippen molar-refractivity contribution in [2.75, 3.05) is 19.6 Å². The second-order valence-electron chi connectivity index (χ2n) is 5.62. The molecule has 0 bridgehead atoms. The highest BCUT2D eigenvalue weighted by atomic mass is 32.1. The number of nitrogens with zero attached hydrogens (tertiary/aromatic N) is 1. The summed E-state index contributed by atoms with van der Waals surface area (Å²) in [7, 11) is 0. The van der Waals surface area contributed by atoms with Crippen LogP contribution < -0.4 is 5.32 Å². The predicted octanol–water partition coefficient (Wildman–Crippen LogP) is 2.98. The van der Waals surface area contributed by atoms with E-state index >= 15 is 0 Å². The molecule has 120 valence electrons. The number of aryl methyl sites for hydroxylation is 1. The van der Waals surface area contributed by atoms with E-state index in [1.165, 1.54) is 4.88 Å². The van der Waals surface area contributed by atoms with Crippen LogP contribution in [0.4, 0.5) is 0 Å². The van der Waals surface area contributed by atoms with Crippen LogP contribution in [0.2, 0.25) is 0 Å². The molecule has 0 saturated carbocycles. The first-order valence-electron chi connectivity index (χ1n) is 7.95. The van der Waals surface area contributed by atoms with E-state index in [1.807, 2.05) is 23.1 Å². The Morgan fingerprint density at radius 1 is 1.36 bits per heavy atom. The van der Waals surface area contributed by atoms with Gasteiger partial charge in [0, 0.05) is 41.9 Å². The molecule has 1 fully saturated rings. The van der Waals surface area contributed by atoms with Gasteiger partial charge in [-0.05, 0) is 50.8 Å². The van der Waals surface area contributed by atoms with Gasteiger partial charge in [0.05, 0.1) is 0 Å². The minimum Gasteiger partial charge on any atom is -0.353 e. The number of unbranched alkanes of at least 4 members (excludes halogenated alkanes) is 1. The zero-order valence-corrected chi connectivity index (χ0v) is 14.0.